The highest BCUT2D eigenvalue weighted by atomic mass is 16.5. The Morgan fingerprint density at radius 3 is 2.64 bits per heavy atom. The predicted octanol–water partition coefficient (Wildman–Crippen LogP) is 3.41. The smallest absolute Gasteiger partial charge is 0.308 e. The minimum atomic E-state index is -0.672. The molecule has 1 aliphatic heterocycles. The second-order valence-corrected chi connectivity index (χ2v) is 6.65. The third-order valence-electron chi connectivity index (χ3n) is 4.33. The molecule has 4 nitrogen and oxygen atoms in total. The van der Waals surface area contributed by atoms with Crippen LogP contribution in [0.15, 0.2) is 24.3 Å². The quantitative estimate of drug-likeness (QED) is 0.875. The Bertz CT molecular complexity index is 484. The SMILES string of the molecule is CC(C)COc1ccc(CN2CCC[C@H](C(=O)O)[C@@H]2C)cc1. The molecule has 0 bridgehead atoms. The summed E-state index contributed by atoms with van der Waals surface area (Å²) in [4.78, 5) is 13.6. The molecule has 1 fully saturated rings. The van der Waals surface area contributed by atoms with Gasteiger partial charge in [0, 0.05) is 12.6 Å². The molecule has 4 heteroatoms. The van der Waals surface area contributed by atoms with Crippen molar-refractivity contribution >= 4 is 5.97 Å². The number of likely N-dealkylation sites (tertiary alicyclic amines) is 1. The second-order valence-electron chi connectivity index (χ2n) is 6.65. The Morgan fingerprint density at radius 1 is 1.36 bits per heavy atom. The summed E-state index contributed by atoms with van der Waals surface area (Å²) in [6.45, 7) is 8.78. The largest absolute Gasteiger partial charge is 0.493 e. The van der Waals surface area contributed by atoms with Crippen molar-refractivity contribution in [3.8, 4) is 5.75 Å². The summed E-state index contributed by atoms with van der Waals surface area (Å²) < 4.78 is 5.69. The van der Waals surface area contributed by atoms with Crippen LogP contribution in [0.3, 0.4) is 0 Å². The number of carboxylic acid groups (broad SMARTS) is 1. The van der Waals surface area contributed by atoms with Crippen LogP contribution in [-0.4, -0.2) is 35.2 Å². The van der Waals surface area contributed by atoms with Gasteiger partial charge in [-0.15, -0.1) is 0 Å². The third-order valence-corrected chi connectivity index (χ3v) is 4.33. The van der Waals surface area contributed by atoms with Crippen molar-refractivity contribution in [2.24, 2.45) is 11.8 Å². The molecule has 2 atom stereocenters. The van der Waals surface area contributed by atoms with Gasteiger partial charge in [-0.2, -0.15) is 0 Å². The molecule has 1 aliphatic rings. The number of carboxylic acids is 1. The van der Waals surface area contributed by atoms with E-state index < -0.39 is 5.97 Å². The van der Waals surface area contributed by atoms with Gasteiger partial charge in [-0.3, -0.25) is 9.69 Å². The van der Waals surface area contributed by atoms with Crippen LogP contribution >= 0.6 is 0 Å². The molecule has 2 rings (SSSR count). The maximum absolute atomic E-state index is 11.3. The lowest BCUT2D eigenvalue weighted by Gasteiger charge is -2.37. The minimum Gasteiger partial charge on any atom is -0.493 e. The Balaban J connectivity index is 1.94. The zero-order valence-corrected chi connectivity index (χ0v) is 13.8. The van der Waals surface area contributed by atoms with Crippen LogP contribution in [0.1, 0.15) is 39.2 Å². The molecule has 1 aromatic carbocycles. The summed E-state index contributed by atoms with van der Waals surface area (Å²) in [5.74, 6) is 0.492. The van der Waals surface area contributed by atoms with Gasteiger partial charge in [0.25, 0.3) is 0 Å². The molecule has 1 saturated heterocycles. The van der Waals surface area contributed by atoms with Crippen molar-refractivity contribution in [2.75, 3.05) is 13.2 Å². The summed E-state index contributed by atoms with van der Waals surface area (Å²) in [7, 11) is 0. The molecule has 1 N–H and O–H groups in total. The Morgan fingerprint density at radius 2 is 2.05 bits per heavy atom. The number of ether oxygens (including phenoxy) is 1. The lowest BCUT2D eigenvalue weighted by Crippen LogP contribution is -2.45. The Hall–Kier alpha value is -1.55. The van der Waals surface area contributed by atoms with Crippen LogP contribution < -0.4 is 4.74 Å². The number of hydrogen-bond acceptors (Lipinski definition) is 3. The molecule has 0 aromatic heterocycles. The summed E-state index contributed by atoms with van der Waals surface area (Å²) in [6.07, 6.45) is 1.74. The highest BCUT2D eigenvalue weighted by Crippen LogP contribution is 2.25. The van der Waals surface area contributed by atoms with Crippen molar-refractivity contribution in [2.45, 2.75) is 46.2 Å². The van der Waals surface area contributed by atoms with E-state index in [-0.39, 0.29) is 12.0 Å². The first kappa shape index (κ1) is 16.8. The standard InChI is InChI=1S/C18H27NO3/c1-13(2)12-22-16-8-6-15(7-9-16)11-19-10-4-5-17(14(19)3)18(20)21/h6-9,13-14,17H,4-5,10-12H2,1-3H3,(H,20,21)/t14-,17-/m0/s1. The number of nitrogens with zero attached hydrogens (tertiary/aromatic N) is 1. The number of rotatable bonds is 6. The van der Waals surface area contributed by atoms with Crippen LogP contribution in [0, 0.1) is 11.8 Å². The lowest BCUT2D eigenvalue weighted by atomic mass is 9.90. The average Bonchev–Trinajstić information content (AvgIpc) is 2.48. The van der Waals surface area contributed by atoms with Gasteiger partial charge in [0.1, 0.15) is 5.75 Å². The van der Waals surface area contributed by atoms with Crippen molar-refractivity contribution < 1.29 is 14.6 Å². The van der Waals surface area contributed by atoms with E-state index in [1.807, 2.05) is 19.1 Å². The fourth-order valence-corrected chi connectivity index (χ4v) is 2.95. The summed E-state index contributed by atoms with van der Waals surface area (Å²) in [5, 5.41) is 9.29. The van der Waals surface area contributed by atoms with Gasteiger partial charge >= 0.3 is 5.97 Å². The normalized spacial score (nSPS) is 22.7. The summed E-state index contributed by atoms with van der Waals surface area (Å²) in [5.41, 5.74) is 1.20. The van der Waals surface area contributed by atoms with E-state index in [4.69, 9.17) is 4.74 Å². The van der Waals surface area contributed by atoms with Gasteiger partial charge in [-0.1, -0.05) is 26.0 Å². The molecule has 22 heavy (non-hydrogen) atoms. The monoisotopic (exact) mass is 305 g/mol. The molecule has 1 heterocycles. The van der Waals surface area contributed by atoms with Gasteiger partial charge in [-0.05, 0) is 49.9 Å². The molecular weight excluding hydrogens is 278 g/mol. The first-order chi connectivity index (χ1) is 10.5. The van der Waals surface area contributed by atoms with Crippen LogP contribution in [0.4, 0.5) is 0 Å². The highest BCUT2D eigenvalue weighted by Gasteiger charge is 2.32. The number of aliphatic carboxylic acids is 1. The van der Waals surface area contributed by atoms with Crippen molar-refractivity contribution in [1.82, 2.24) is 4.90 Å². The first-order valence-electron chi connectivity index (χ1n) is 8.16. The van der Waals surface area contributed by atoms with Crippen LogP contribution in [0.25, 0.3) is 0 Å². The zero-order valence-electron chi connectivity index (χ0n) is 13.8. The predicted molar refractivity (Wildman–Crippen MR) is 87.0 cm³/mol. The number of benzene rings is 1. The third kappa shape index (κ3) is 4.47. The summed E-state index contributed by atoms with van der Waals surface area (Å²) >= 11 is 0. The van der Waals surface area contributed by atoms with E-state index in [0.717, 1.165) is 38.3 Å². The van der Waals surface area contributed by atoms with Gasteiger partial charge in [-0.25, -0.2) is 0 Å². The first-order valence-corrected chi connectivity index (χ1v) is 8.16. The van der Waals surface area contributed by atoms with Crippen LogP contribution in [0.5, 0.6) is 5.75 Å². The Labute approximate surface area is 133 Å². The molecule has 0 saturated carbocycles. The molecular formula is C18H27NO3. The van der Waals surface area contributed by atoms with Gasteiger partial charge in [0.05, 0.1) is 12.5 Å². The highest BCUT2D eigenvalue weighted by molar-refractivity contribution is 5.70. The van der Waals surface area contributed by atoms with E-state index in [1.165, 1.54) is 5.56 Å². The topological polar surface area (TPSA) is 49.8 Å². The molecule has 0 unspecified atom stereocenters. The zero-order chi connectivity index (χ0) is 16.1. The number of carbonyl (C=O) groups is 1. The molecule has 0 spiro atoms. The van der Waals surface area contributed by atoms with Gasteiger partial charge in [0.15, 0.2) is 0 Å². The molecule has 0 radical (unpaired) electrons. The maximum Gasteiger partial charge on any atom is 0.308 e. The van der Waals surface area contributed by atoms with Crippen molar-refractivity contribution in [3.05, 3.63) is 29.8 Å². The van der Waals surface area contributed by atoms with E-state index in [0.29, 0.717) is 5.92 Å². The van der Waals surface area contributed by atoms with Crippen LogP contribution in [0.2, 0.25) is 0 Å². The van der Waals surface area contributed by atoms with E-state index in [2.05, 4.69) is 30.9 Å². The number of piperidine rings is 1. The van der Waals surface area contributed by atoms with Crippen molar-refractivity contribution in [3.63, 3.8) is 0 Å². The average molecular weight is 305 g/mol. The summed E-state index contributed by atoms with van der Waals surface area (Å²) in [6, 6.07) is 8.24. The van der Waals surface area contributed by atoms with Crippen LogP contribution in [-0.2, 0) is 11.3 Å². The minimum absolute atomic E-state index is 0.0862. The Kier molecular flexibility index (Phi) is 5.83. The van der Waals surface area contributed by atoms with Gasteiger partial charge < -0.3 is 9.84 Å². The fraction of sp³-hybridized carbons (Fsp3) is 0.611. The molecule has 1 aromatic rings. The van der Waals surface area contributed by atoms with E-state index in [1.54, 1.807) is 0 Å². The molecule has 0 aliphatic carbocycles. The van der Waals surface area contributed by atoms with Gasteiger partial charge in [0.2, 0.25) is 0 Å². The molecule has 122 valence electrons. The maximum atomic E-state index is 11.3. The second kappa shape index (κ2) is 7.63. The van der Waals surface area contributed by atoms with E-state index in [9.17, 15) is 9.90 Å². The lowest BCUT2D eigenvalue weighted by molar-refractivity contribution is -0.145. The number of hydrogen-bond donors (Lipinski definition) is 1. The molecule has 0 amide bonds. The van der Waals surface area contributed by atoms with Crippen molar-refractivity contribution in [1.29, 1.82) is 0 Å². The van der Waals surface area contributed by atoms with E-state index >= 15 is 0 Å². The fourth-order valence-electron chi connectivity index (χ4n) is 2.95.